The van der Waals surface area contributed by atoms with E-state index in [1.807, 2.05) is 29.2 Å². The Morgan fingerprint density at radius 2 is 1.74 bits per heavy atom. The van der Waals surface area contributed by atoms with Crippen molar-refractivity contribution in [2.45, 2.75) is 13.3 Å². The number of piperazine rings is 1. The van der Waals surface area contributed by atoms with Gasteiger partial charge in [0.15, 0.2) is 12.4 Å². The SMILES string of the molecule is O=C(c1ccn(COc2ccc(Cl)cc2Cl)n1)N1CCN(Cc2ccccc2Cl)CC1. The van der Waals surface area contributed by atoms with Crippen molar-refractivity contribution in [1.82, 2.24) is 19.6 Å². The highest BCUT2D eigenvalue weighted by atomic mass is 35.5. The van der Waals surface area contributed by atoms with Crippen molar-refractivity contribution in [2.24, 2.45) is 0 Å². The van der Waals surface area contributed by atoms with Crippen LogP contribution in [0.5, 0.6) is 5.75 Å². The molecule has 1 aliphatic rings. The summed E-state index contributed by atoms with van der Waals surface area (Å²) in [6, 6.07) is 14.6. The number of carbonyl (C=O) groups excluding carboxylic acids is 1. The van der Waals surface area contributed by atoms with Gasteiger partial charge in [-0.1, -0.05) is 53.0 Å². The number of halogens is 3. The maximum atomic E-state index is 12.8. The van der Waals surface area contributed by atoms with Crippen molar-refractivity contribution in [2.75, 3.05) is 26.2 Å². The summed E-state index contributed by atoms with van der Waals surface area (Å²) in [6.45, 7) is 3.78. The lowest BCUT2D eigenvalue weighted by Gasteiger charge is -2.34. The van der Waals surface area contributed by atoms with Gasteiger partial charge in [-0.2, -0.15) is 5.10 Å². The summed E-state index contributed by atoms with van der Waals surface area (Å²) >= 11 is 18.3. The molecule has 1 aromatic heterocycles. The summed E-state index contributed by atoms with van der Waals surface area (Å²) < 4.78 is 7.23. The van der Waals surface area contributed by atoms with Gasteiger partial charge in [-0.3, -0.25) is 9.69 Å². The second-order valence-corrected chi connectivity index (χ2v) is 8.50. The van der Waals surface area contributed by atoms with E-state index in [9.17, 15) is 4.79 Å². The molecule has 1 amide bonds. The van der Waals surface area contributed by atoms with E-state index in [2.05, 4.69) is 10.00 Å². The minimum Gasteiger partial charge on any atom is -0.470 e. The van der Waals surface area contributed by atoms with Crippen molar-refractivity contribution in [3.8, 4) is 5.75 Å². The fraction of sp³-hybridized carbons (Fsp3) is 0.273. The minimum atomic E-state index is -0.0827. The van der Waals surface area contributed by atoms with Gasteiger partial charge in [0.2, 0.25) is 0 Å². The van der Waals surface area contributed by atoms with E-state index >= 15 is 0 Å². The zero-order valence-electron chi connectivity index (χ0n) is 16.7. The fourth-order valence-electron chi connectivity index (χ4n) is 3.41. The van der Waals surface area contributed by atoms with Crippen molar-refractivity contribution in [3.05, 3.63) is 81.1 Å². The largest absolute Gasteiger partial charge is 0.470 e. The van der Waals surface area contributed by atoms with Crippen LogP contribution in [0.2, 0.25) is 15.1 Å². The Morgan fingerprint density at radius 1 is 0.968 bits per heavy atom. The Balaban J connectivity index is 1.29. The third kappa shape index (κ3) is 5.52. The van der Waals surface area contributed by atoms with Gasteiger partial charge in [-0.25, -0.2) is 4.68 Å². The number of rotatable bonds is 6. The molecule has 0 aliphatic carbocycles. The van der Waals surface area contributed by atoms with Crippen molar-refractivity contribution < 1.29 is 9.53 Å². The lowest BCUT2D eigenvalue weighted by atomic mass is 10.2. The van der Waals surface area contributed by atoms with Gasteiger partial charge in [0.05, 0.1) is 5.02 Å². The molecular formula is C22H21Cl3N4O2. The average molecular weight is 480 g/mol. The Morgan fingerprint density at radius 3 is 2.48 bits per heavy atom. The van der Waals surface area contributed by atoms with Crippen LogP contribution >= 0.6 is 34.8 Å². The van der Waals surface area contributed by atoms with Gasteiger partial charge < -0.3 is 9.64 Å². The van der Waals surface area contributed by atoms with Crippen LogP contribution in [0.4, 0.5) is 0 Å². The van der Waals surface area contributed by atoms with Crippen LogP contribution in [-0.4, -0.2) is 51.7 Å². The van der Waals surface area contributed by atoms with Gasteiger partial charge in [-0.05, 0) is 35.9 Å². The topological polar surface area (TPSA) is 50.6 Å². The van der Waals surface area contributed by atoms with Gasteiger partial charge in [0, 0.05) is 49.0 Å². The summed E-state index contributed by atoms with van der Waals surface area (Å²) in [5, 5.41) is 6.08. The first-order valence-electron chi connectivity index (χ1n) is 9.86. The molecule has 31 heavy (non-hydrogen) atoms. The first kappa shape index (κ1) is 22.0. The van der Waals surface area contributed by atoms with Crippen molar-refractivity contribution in [3.63, 3.8) is 0 Å². The van der Waals surface area contributed by atoms with Crippen molar-refractivity contribution >= 4 is 40.7 Å². The number of hydrogen-bond acceptors (Lipinski definition) is 4. The first-order chi connectivity index (χ1) is 15.0. The summed E-state index contributed by atoms with van der Waals surface area (Å²) in [6.07, 6.45) is 1.71. The fourth-order valence-corrected chi connectivity index (χ4v) is 4.07. The molecular weight excluding hydrogens is 459 g/mol. The predicted molar refractivity (Wildman–Crippen MR) is 122 cm³/mol. The number of benzene rings is 2. The van der Waals surface area contributed by atoms with E-state index in [0.29, 0.717) is 34.6 Å². The highest BCUT2D eigenvalue weighted by molar-refractivity contribution is 6.35. The zero-order chi connectivity index (χ0) is 21.8. The molecule has 1 fully saturated rings. The van der Waals surface area contributed by atoms with Crippen LogP contribution in [0.15, 0.2) is 54.7 Å². The smallest absolute Gasteiger partial charge is 0.274 e. The molecule has 1 aliphatic heterocycles. The molecule has 2 aromatic carbocycles. The molecule has 9 heteroatoms. The number of amides is 1. The van der Waals surface area contributed by atoms with E-state index in [0.717, 1.165) is 30.2 Å². The van der Waals surface area contributed by atoms with Crippen LogP contribution in [-0.2, 0) is 13.3 Å². The van der Waals surface area contributed by atoms with E-state index in [1.54, 1.807) is 35.1 Å². The molecule has 6 nitrogen and oxygen atoms in total. The zero-order valence-corrected chi connectivity index (χ0v) is 18.9. The maximum Gasteiger partial charge on any atom is 0.274 e. The van der Waals surface area contributed by atoms with Gasteiger partial charge in [0.25, 0.3) is 5.91 Å². The Kier molecular flexibility index (Phi) is 7.02. The minimum absolute atomic E-state index is 0.0827. The molecule has 0 N–H and O–H groups in total. The second kappa shape index (κ2) is 9.92. The standard InChI is InChI=1S/C22H21Cl3N4O2/c23-17-5-6-21(19(25)13-17)31-15-29-8-7-20(26-29)22(30)28-11-9-27(10-12-28)14-16-3-1-2-4-18(16)24/h1-8,13H,9-12,14-15H2. The lowest BCUT2D eigenvalue weighted by Crippen LogP contribution is -2.48. The second-order valence-electron chi connectivity index (χ2n) is 7.25. The average Bonchev–Trinajstić information content (AvgIpc) is 3.24. The molecule has 0 radical (unpaired) electrons. The lowest BCUT2D eigenvalue weighted by molar-refractivity contribution is 0.0621. The van der Waals surface area contributed by atoms with Crippen molar-refractivity contribution in [1.29, 1.82) is 0 Å². The number of carbonyl (C=O) groups is 1. The molecule has 3 aromatic rings. The molecule has 4 rings (SSSR count). The van der Waals surface area contributed by atoms with Crippen LogP contribution < -0.4 is 4.74 Å². The maximum absolute atomic E-state index is 12.8. The van der Waals surface area contributed by atoms with Crippen LogP contribution in [0.1, 0.15) is 16.1 Å². The summed E-state index contributed by atoms with van der Waals surface area (Å²) in [5.74, 6) is 0.421. The predicted octanol–water partition coefficient (Wildman–Crippen LogP) is 4.84. The van der Waals surface area contributed by atoms with Crippen LogP contribution in [0.3, 0.4) is 0 Å². The molecule has 162 valence electrons. The molecule has 0 atom stereocenters. The Bertz CT molecular complexity index is 1060. The number of ether oxygens (including phenoxy) is 1. The third-order valence-electron chi connectivity index (χ3n) is 5.12. The monoisotopic (exact) mass is 478 g/mol. The normalized spacial score (nSPS) is 14.6. The number of hydrogen-bond donors (Lipinski definition) is 0. The first-order valence-corrected chi connectivity index (χ1v) is 11.0. The Labute approximate surface area is 195 Å². The summed E-state index contributed by atoms with van der Waals surface area (Å²) in [4.78, 5) is 17.0. The molecule has 0 saturated carbocycles. The Hall–Kier alpha value is -2.25. The summed E-state index contributed by atoms with van der Waals surface area (Å²) in [7, 11) is 0. The van der Waals surface area contributed by atoms with Gasteiger partial charge in [0.1, 0.15) is 5.75 Å². The third-order valence-corrected chi connectivity index (χ3v) is 6.02. The van der Waals surface area contributed by atoms with E-state index < -0.39 is 0 Å². The molecule has 0 unspecified atom stereocenters. The van der Waals surface area contributed by atoms with E-state index in [1.165, 1.54) is 0 Å². The highest BCUT2D eigenvalue weighted by Crippen LogP contribution is 2.27. The van der Waals surface area contributed by atoms with Gasteiger partial charge >= 0.3 is 0 Å². The molecule has 0 bridgehead atoms. The van der Waals surface area contributed by atoms with Crippen LogP contribution in [0, 0.1) is 0 Å². The molecule has 2 heterocycles. The highest BCUT2D eigenvalue weighted by Gasteiger charge is 2.24. The van der Waals surface area contributed by atoms with Crippen LogP contribution in [0.25, 0.3) is 0 Å². The van der Waals surface area contributed by atoms with Gasteiger partial charge in [-0.15, -0.1) is 0 Å². The quantitative estimate of drug-likeness (QED) is 0.508. The molecule has 1 saturated heterocycles. The summed E-state index contributed by atoms with van der Waals surface area (Å²) in [5.41, 5.74) is 1.49. The molecule has 0 spiro atoms. The number of aromatic nitrogens is 2. The van der Waals surface area contributed by atoms with E-state index in [4.69, 9.17) is 39.5 Å². The van der Waals surface area contributed by atoms with E-state index in [-0.39, 0.29) is 12.6 Å². The number of nitrogens with zero attached hydrogens (tertiary/aromatic N) is 4.